The van der Waals surface area contributed by atoms with Gasteiger partial charge in [-0.05, 0) is 43.3 Å². The number of hydrogen-bond donors (Lipinski definition) is 1. The van der Waals surface area contributed by atoms with Crippen molar-refractivity contribution in [3.8, 4) is 17.2 Å². The van der Waals surface area contributed by atoms with Crippen molar-refractivity contribution in [3.05, 3.63) is 63.2 Å². The van der Waals surface area contributed by atoms with Gasteiger partial charge in [0.2, 0.25) is 0 Å². The first-order valence-corrected chi connectivity index (χ1v) is 10.8. The zero-order valence-electron chi connectivity index (χ0n) is 18.0. The fourth-order valence-electron chi connectivity index (χ4n) is 2.93. The van der Waals surface area contributed by atoms with Crippen LogP contribution in [0.4, 0.5) is 5.69 Å². The molecule has 0 unspecified atom stereocenters. The Bertz CT molecular complexity index is 1110. The predicted octanol–water partition coefficient (Wildman–Crippen LogP) is 5.56. The van der Waals surface area contributed by atoms with Crippen molar-refractivity contribution >= 4 is 46.1 Å². The summed E-state index contributed by atoms with van der Waals surface area (Å²) in [4.78, 5) is 17.5. The van der Waals surface area contributed by atoms with Crippen molar-refractivity contribution in [2.45, 2.75) is 6.92 Å². The minimum absolute atomic E-state index is 0.00232. The average molecular weight is 476 g/mol. The molecule has 0 atom stereocenters. The number of aliphatic hydroxyl groups excluding tert-OH is 1. The first-order chi connectivity index (χ1) is 15.4. The van der Waals surface area contributed by atoms with E-state index in [1.54, 1.807) is 49.4 Å². The quantitative estimate of drug-likeness (QED) is 0.524. The van der Waals surface area contributed by atoms with Gasteiger partial charge in [-0.3, -0.25) is 0 Å². The molecule has 0 bridgehead atoms. The van der Waals surface area contributed by atoms with Crippen LogP contribution in [0, 0.1) is 0 Å². The molecule has 3 rings (SSSR count). The summed E-state index contributed by atoms with van der Waals surface area (Å²) in [5, 5.41) is 11.8. The van der Waals surface area contributed by atoms with Gasteiger partial charge in [-0.2, -0.15) is 0 Å². The van der Waals surface area contributed by atoms with Crippen LogP contribution < -0.4 is 14.2 Å². The Morgan fingerprint density at radius 2 is 1.69 bits per heavy atom. The van der Waals surface area contributed by atoms with E-state index in [0.717, 1.165) is 11.8 Å². The van der Waals surface area contributed by atoms with E-state index in [1.807, 2.05) is 0 Å². The van der Waals surface area contributed by atoms with E-state index >= 15 is 0 Å². The van der Waals surface area contributed by atoms with Crippen LogP contribution in [0.15, 0.2) is 57.6 Å². The number of benzene rings is 2. The number of thioether (sulfide) groups is 1. The van der Waals surface area contributed by atoms with Crippen LogP contribution in [-0.2, 0) is 9.53 Å². The third-order valence-corrected chi connectivity index (χ3v) is 5.72. The van der Waals surface area contributed by atoms with Crippen molar-refractivity contribution < 1.29 is 28.8 Å². The van der Waals surface area contributed by atoms with E-state index in [1.165, 1.54) is 21.3 Å². The molecule has 1 N–H and O–H groups in total. The molecular formula is C23H22ClNO6S. The molecular weight excluding hydrogens is 454 g/mol. The lowest BCUT2D eigenvalue weighted by Gasteiger charge is -2.12. The molecule has 0 spiro atoms. The van der Waals surface area contributed by atoms with Crippen molar-refractivity contribution in [3.63, 3.8) is 0 Å². The second-order valence-corrected chi connectivity index (χ2v) is 7.86. The Morgan fingerprint density at radius 1 is 1.06 bits per heavy atom. The monoisotopic (exact) mass is 475 g/mol. The molecule has 0 saturated heterocycles. The summed E-state index contributed by atoms with van der Waals surface area (Å²) in [5.41, 5.74) is 1.20. The summed E-state index contributed by atoms with van der Waals surface area (Å²) >= 11 is 7.09. The number of nitrogens with zero attached hydrogens (tertiary/aromatic N) is 1. The van der Waals surface area contributed by atoms with Crippen LogP contribution in [0.5, 0.6) is 17.2 Å². The van der Waals surface area contributed by atoms with Gasteiger partial charge in [-0.25, -0.2) is 9.79 Å². The Morgan fingerprint density at radius 3 is 2.28 bits per heavy atom. The number of esters is 1. The van der Waals surface area contributed by atoms with Gasteiger partial charge in [0.05, 0.1) is 38.5 Å². The Labute approximate surface area is 195 Å². The molecule has 2 aromatic rings. The second-order valence-electron chi connectivity index (χ2n) is 6.40. The molecule has 1 aliphatic heterocycles. The molecule has 0 fully saturated rings. The van der Waals surface area contributed by atoms with Gasteiger partial charge >= 0.3 is 5.97 Å². The highest BCUT2D eigenvalue weighted by atomic mass is 35.5. The second kappa shape index (κ2) is 10.5. The van der Waals surface area contributed by atoms with Crippen LogP contribution in [0.25, 0.3) is 6.08 Å². The number of ether oxygens (including phenoxy) is 4. The summed E-state index contributed by atoms with van der Waals surface area (Å²) in [6.45, 7) is 1.86. The molecule has 0 radical (unpaired) electrons. The Hall–Kier alpha value is -3.10. The summed E-state index contributed by atoms with van der Waals surface area (Å²) in [7, 11) is 4.58. The first-order valence-electron chi connectivity index (χ1n) is 9.56. The highest BCUT2D eigenvalue weighted by molar-refractivity contribution is 8.18. The Kier molecular flexibility index (Phi) is 7.71. The lowest BCUT2D eigenvalue weighted by molar-refractivity contribution is -0.138. The van der Waals surface area contributed by atoms with Gasteiger partial charge in [-0.1, -0.05) is 23.4 Å². The topological polar surface area (TPSA) is 86.6 Å². The normalized spacial score (nSPS) is 15.9. The minimum atomic E-state index is -0.659. The van der Waals surface area contributed by atoms with E-state index in [2.05, 4.69) is 4.99 Å². The third kappa shape index (κ3) is 5.03. The third-order valence-electron chi connectivity index (χ3n) is 4.45. The molecule has 9 heteroatoms. The molecule has 168 valence electrons. The molecule has 0 aliphatic carbocycles. The van der Waals surface area contributed by atoms with E-state index in [4.69, 9.17) is 30.5 Å². The number of hydrogen-bond acceptors (Lipinski definition) is 8. The summed E-state index contributed by atoms with van der Waals surface area (Å²) in [6, 6.07) is 10.2. The molecule has 1 heterocycles. The summed E-state index contributed by atoms with van der Waals surface area (Å²) in [5.74, 6) is 0.616. The molecule has 7 nitrogen and oxygen atoms in total. The number of aliphatic hydroxyl groups is 1. The number of methoxy groups -OCH3 is 3. The largest absolute Gasteiger partial charge is 0.506 e. The maximum absolute atomic E-state index is 12.6. The van der Waals surface area contributed by atoms with Gasteiger partial charge in [-0.15, -0.1) is 0 Å². The van der Waals surface area contributed by atoms with Crippen LogP contribution >= 0.6 is 23.4 Å². The molecule has 0 amide bonds. The van der Waals surface area contributed by atoms with E-state index < -0.39 is 5.97 Å². The fraction of sp³-hybridized carbons (Fsp3) is 0.217. The van der Waals surface area contributed by atoms with E-state index in [9.17, 15) is 9.90 Å². The lowest BCUT2D eigenvalue weighted by Crippen LogP contribution is -2.12. The fourth-order valence-corrected chi connectivity index (χ4v) is 4.08. The SMILES string of the molecule is CCOC(=O)C1=C(O)/C(=C/c2cc(OC)c(OC)cc2OC)SC1=Nc1ccc(Cl)cc1. The molecule has 0 saturated carbocycles. The smallest absolute Gasteiger partial charge is 0.344 e. The van der Waals surface area contributed by atoms with Crippen molar-refractivity contribution in [2.75, 3.05) is 27.9 Å². The average Bonchev–Trinajstić information content (AvgIpc) is 3.09. The van der Waals surface area contributed by atoms with Crippen molar-refractivity contribution in [2.24, 2.45) is 4.99 Å². The van der Waals surface area contributed by atoms with Gasteiger partial charge in [0.25, 0.3) is 0 Å². The molecule has 1 aliphatic rings. The first kappa shape index (κ1) is 23.6. The van der Waals surface area contributed by atoms with Crippen LogP contribution in [0.1, 0.15) is 12.5 Å². The van der Waals surface area contributed by atoms with Gasteiger partial charge in [0.15, 0.2) is 11.5 Å². The van der Waals surface area contributed by atoms with Crippen molar-refractivity contribution in [1.82, 2.24) is 0 Å². The van der Waals surface area contributed by atoms with Crippen LogP contribution in [0.3, 0.4) is 0 Å². The van der Waals surface area contributed by atoms with Gasteiger partial charge < -0.3 is 24.1 Å². The summed E-state index contributed by atoms with van der Waals surface area (Å²) in [6.07, 6.45) is 1.68. The van der Waals surface area contributed by atoms with Gasteiger partial charge in [0.1, 0.15) is 22.1 Å². The number of rotatable bonds is 7. The zero-order valence-corrected chi connectivity index (χ0v) is 19.5. The van der Waals surface area contributed by atoms with E-state index in [-0.39, 0.29) is 17.9 Å². The molecule has 0 aromatic heterocycles. The number of aliphatic imine (C=N–C) groups is 1. The Balaban J connectivity index is 2.10. The van der Waals surface area contributed by atoms with E-state index in [0.29, 0.717) is 43.5 Å². The maximum Gasteiger partial charge on any atom is 0.344 e. The van der Waals surface area contributed by atoms with Gasteiger partial charge in [0, 0.05) is 16.7 Å². The number of carbonyl (C=O) groups is 1. The highest BCUT2D eigenvalue weighted by Crippen LogP contribution is 2.43. The zero-order chi connectivity index (χ0) is 23.3. The minimum Gasteiger partial charge on any atom is -0.506 e. The lowest BCUT2D eigenvalue weighted by atomic mass is 10.1. The predicted molar refractivity (Wildman–Crippen MR) is 127 cm³/mol. The number of halogens is 1. The molecule has 2 aromatic carbocycles. The standard InChI is InChI=1S/C23H22ClNO6S/c1-5-31-23(27)20-21(26)19(32-22(20)25-15-8-6-14(24)7-9-15)11-13-10-17(29-3)18(30-4)12-16(13)28-2/h6-12,26H,5H2,1-4H3/b19-11-,25-22?. The van der Waals surface area contributed by atoms with Crippen LogP contribution in [0.2, 0.25) is 5.02 Å². The van der Waals surface area contributed by atoms with Crippen molar-refractivity contribution in [1.29, 1.82) is 0 Å². The summed E-state index contributed by atoms with van der Waals surface area (Å²) < 4.78 is 21.3. The molecule has 32 heavy (non-hydrogen) atoms. The highest BCUT2D eigenvalue weighted by Gasteiger charge is 2.33. The maximum atomic E-state index is 12.6. The number of carbonyl (C=O) groups excluding carboxylic acids is 1. The van der Waals surface area contributed by atoms with Crippen LogP contribution in [-0.4, -0.2) is 44.1 Å².